The third kappa shape index (κ3) is 3.05. The number of Topliss-reactive ketones (excluding diaryl/α,β-unsaturated/α-hetero) is 1. The second kappa shape index (κ2) is 5.31. The van der Waals surface area contributed by atoms with E-state index in [9.17, 15) is 14.9 Å². The Labute approximate surface area is 117 Å². The van der Waals surface area contributed by atoms with E-state index < -0.39 is 4.92 Å². The first kappa shape index (κ1) is 13.4. The van der Waals surface area contributed by atoms with Crippen molar-refractivity contribution in [1.82, 2.24) is 9.78 Å². The van der Waals surface area contributed by atoms with Crippen molar-refractivity contribution in [1.29, 1.82) is 0 Å². The second-order valence-electron chi connectivity index (χ2n) is 4.02. The van der Waals surface area contributed by atoms with Gasteiger partial charge in [0, 0.05) is 10.0 Å². The second-order valence-corrected chi connectivity index (χ2v) is 4.94. The van der Waals surface area contributed by atoms with Gasteiger partial charge in [0.05, 0.1) is 16.9 Å². The summed E-state index contributed by atoms with van der Waals surface area (Å²) in [6.45, 7) is 1.57. The number of carbonyl (C=O) groups is 1. The number of halogens is 1. The summed E-state index contributed by atoms with van der Waals surface area (Å²) in [5.74, 6) is -0.374. The molecule has 0 saturated carbocycles. The first-order valence-electron chi connectivity index (χ1n) is 5.44. The summed E-state index contributed by atoms with van der Waals surface area (Å²) >= 11 is 3.29. The average Bonchev–Trinajstić information content (AvgIpc) is 2.70. The van der Waals surface area contributed by atoms with Gasteiger partial charge in [0.1, 0.15) is 6.54 Å². The Morgan fingerprint density at radius 2 is 2.26 bits per heavy atom. The molecule has 2 rings (SSSR count). The predicted molar refractivity (Wildman–Crippen MR) is 72.1 cm³/mol. The Balaban J connectivity index is 2.20. The van der Waals surface area contributed by atoms with E-state index in [0.29, 0.717) is 11.1 Å². The number of nitro groups is 1. The van der Waals surface area contributed by atoms with Crippen molar-refractivity contribution >= 4 is 27.5 Å². The zero-order chi connectivity index (χ0) is 14.0. The van der Waals surface area contributed by atoms with Gasteiger partial charge in [-0.3, -0.25) is 4.79 Å². The molecular formula is C12H10BrN3O3. The van der Waals surface area contributed by atoms with Crippen LogP contribution in [0.2, 0.25) is 0 Å². The number of rotatable bonds is 4. The number of nitrogens with zero attached hydrogens (tertiary/aromatic N) is 3. The maximum absolute atomic E-state index is 12.0. The van der Waals surface area contributed by atoms with Crippen molar-refractivity contribution in [2.24, 2.45) is 0 Å². The van der Waals surface area contributed by atoms with Crippen LogP contribution in [-0.2, 0) is 6.54 Å². The first-order valence-corrected chi connectivity index (χ1v) is 6.24. The minimum atomic E-state index is -0.560. The molecule has 0 fully saturated rings. The molecule has 0 aliphatic carbocycles. The molecule has 19 heavy (non-hydrogen) atoms. The molecule has 1 heterocycles. The molecule has 0 saturated heterocycles. The maximum Gasteiger partial charge on any atom is 0.392 e. The average molecular weight is 324 g/mol. The summed E-state index contributed by atoms with van der Waals surface area (Å²) in [4.78, 5) is 22.1. The lowest BCUT2D eigenvalue weighted by Crippen LogP contribution is -2.11. The number of benzene rings is 1. The quantitative estimate of drug-likeness (QED) is 0.492. The van der Waals surface area contributed by atoms with Crippen molar-refractivity contribution in [3.05, 3.63) is 56.2 Å². The van der Waals surface area contributed by atoms with Gasteiger partial charge in [-0.1, -0.05) is 28.1 Å². The molecule has 0 amide bonds. The first-order chi connectivity index (χ1) is 8.97. The Morgan fingerprint density at radius 3 is 2.84 bits per heavy atom. The predicted octanol–water partition coefficient (Wildman–Crippen LogP) is 2.75. The molecule has 0 aliphatic heterocycles. The lowest BCUT2D eigenvalue weighted by molar-refractivity contribution is -0.390. The van der Waals surface area contributed by atoms with Gasteiger partial charge < -0.3 is 10.1 Å². The molecule has 1 aromatic heterocycles. The SMILES string of the molecule is Cc1cn(CC(=O)c2cccc(Br)c2)nc1[N+](=O)[O-]. The normalized spacial score (nSPS) is 10.4. The largest absolute Gasteiger partial charge is 0.392 e. The van der Waals surface area contributed by atoms with E-state index in [0.717, 1.165) is 4.47 Å². The van der Waals surface area contributed by atoms with Crippen molar-refractivity contribution < 1.29 is 9.72 Å². The van der Waals surface area contributed by atoms with Crippen LogP contribution < -0.4 is 0 Å². The smallest absolute Gasteiger partial charge is 0.358 e. The van der Waals surface area contributed by atoms with Crippen LogP contribution in [0.1, 0.15) is 15.9 Å². The fourth-order valence-electron chi connectivity index (χ4n) is 1.67. The van der Waals surface area contributed by atoms with Gasteiger partial charge in [0.15, 0.2) is 5.78 Å². The molecule has 6 nitrogen and oxygen atoms in total. The molecule has 0 radical (unpaired) electrons. The topological polar surface area (TPSA) is 78.0 Å². The highest BCUT2D eigenvalue weighted by atomic mass is 79.9. The zero-order valence-electron chi connectivity index (χ0n) is 10.0. The van der Waals surface area contributed by atoms with Gasteiger partial charge in [0.2, 0.25) is 0 Å². The highest BCUT2D eigenvalue weighted by molar-refractivity contribution is 9.10. The molecule has 0 spiro atoms. The van der Waals surface area contributed by atoms with Gasteiger partial charge in [-0.25, -0.2) is 0 Å². The Hall–Kier alpha value is -2.02. The van der Waals surface area contributed by atoms with Gasteiger partial charge in [-0.05, 0) is 24.0 Å². The number of ketones is 1. The fraction of sp³-hybridized carbons (Fsp3) is 0.167. The van der Waals surface area contributed by atoms with Crippen LogP contribution in [-0.4, -0.2) is 20.5 Å². The van der Waals surface area contributed by atoms with Crippen molar-refractivity contribution in [3.8, 4) is 0 Å². The van der Waals surface area contributed by atoms with Crippen molar-refractivity contribution in [2.75, 3.05) is 0 Å². The van der Waals surface area contributed by atoms with Crippen LogP contribution in [0.25, 0.3) is 0 Å². The van der Waals surface area contributed by atoms with E-state index >= 15 is 0 Å². The summed E-state index contributed by atoms with van der Waals surface area (Å²) < 4.78 is 2.09. The monoisotopic (exact) mass is 323 g/mol. The van der Waals surface area contributed by atoms with Crippen LogP contribution in [0, 0.1) is 17.0 Å². The third-order valence-corrected chi connectivity index (χ3v) is 3.04. The molecule has 98 valence electrons. The Kier molecular flexibility index (Phi) is 3.75. The number of carbonyl (C=O) groups excluding carboxylic acids is 1. The summed E-state index contributed by atoms with van der Waals surface area (Å²) in [6, 6.07) is 6.97. The van der Waals surface area contributed by atoms with Crippen LogP contribution >= 0.6 is 15.9 Å². The molecule has 0 N–H and O–H groups in total. The highest BCUT2D eigenvalue weighted by Gasteiger charge is 2.19. The van der Waals surface area contributed by atoms with E-state index in [1.54, 1.807) is 25.1 Å². The highest BCUT2D eigenvalue weighted by Crippen LogP contribution is 2.16. The molecule has 0 unspecified atom stereocenters. The lowest BCUT2D eigenvalue weighted by Gasteiger charge is -1.99. The molecule has 2 aromatic rings. The Bertz CT molecular complexity index is 651. The van der Waals surface area contributed by atoms with E-state index in [4.69, 9.17) is 0 Å². The van der Waals surface area contributed by atoms with E-state index in [-0.39, 0.29) is 18.1 Å². The maximum atomic E-state index is 12.0. The van der Waals surface area contributed by atoms with Crippen molar-refractivity contribution in [2.45, 2.75) is 13.5 Å². The van der Waals surface area contributed by atoms with Crippen LogP contribution in [0.15, 0.2) is 34.9 Å². The number of hydrogen-bond acceptors (Lipinski definition) is 4. The van der Waals surface area contributed by atoms with E-state index in [1.807, 2.05) is 6.07 Å². The minimum absolute atomic E-state index is 0.0227. The fourth-order valence-corrected chi connectivity index (χ4v) is 2.07. The van der Waals surface area contributed by atoms with Gasteiger partial charge in [0.25, 0.3) is 0 Å². The van der Waals surface area contributed by atoms with Crippen LogP contribution in [0.4, 0.5) is 5.82 Å². The Morgan fingerprint density at radius 1 is 1.53 bits per heavy atom. The van der Waals surface area contributed by atoms with Crippen LogP contribution in [0.5, 0.6) is 0 Å². The molecule has 0 atom stereocenters. The lowest BCUT2D eigenvalue weighted by atomic mass is 10.1. The zero-order valence-corrected chi connectivity index (χ0v) is 11.6. The molecule has 0 aliphatic rings. The van der Waals surface area contributed by atoms with Crippen molar-refractivity contribution in [3.63, 3.8) is 0 Å². The molecule has 0 bridgehead atoms. The summed E-state index contributed by atoms with van der Waals surface area (Å²) in [5.41, 5.74) is 0.970. The molecular weight excluding hydrogens is 314 g/mol. The summed E-state index contributed by atoms with van der Waals surface area (Å²) in [7, 11) is 0. The standard InChI is InChI=1S/C12H10BrN3O3/c1-8-6-15(14-12(8)16(18)19)7-11(17)9-3-2-4-10(13)5-9/h2-6H,7H2,1H3. The number of hydrogen-bond donors (Lipinski definition) is 0. The van der Waals surface area contributed by atoms with E-state index in [1.165, 1.54) is 10.9 Å². The summed E-state index contributed by atoms with van der Waals surface area (Å²) in [5, 5.41) is 14.5. The van der Waals surface area contributed by atoms with E-state index in [2.05, 4.69) is 21.0 Å². The third-order valence-electron chi connectivity index (χ3n) is 2.54. The van der Waals surface area contributed by atoms with Crippen LogP contribution in [0.3, 0.4) is 0 Å². The summed E-state index contributed by atoms with van der Waals surface area (Å²) in [6.07, 6.45) is 1.49. The number of aryl methyl sites for hydroxylation is 1. The molecule has 1 aromatic carbocycles. The molecule has 7 heteroatoms. The van der Waals surface area contributed by atoms with Gasteiger partial charge in [-0.15, -0.1) is 0 Å². The minimum Gasteiger partial charge on any atom is -0.358 e. The van der Waals surface area contributed by atoms with Gasteiger partial charge >= 0.3 is 5.82 Å². The van der Waals surface area contributed by atoms with Gasteiger partial charge in [-0.2, -0.15) is 4.68 Å². The number of aromatic nitrogens is 2.